The summed E-state index contributed by atoms with van der Waals surface area (Å²) in [5.74, 6) is 0. The summed E-state index contributed by atoms with van der Waals surface area (Å²) in [4.78, 5) is 0. The van der Waals surface area contributed by atoms with Gasteiger partial charge in [-0.3, -0.25) is 0 Å². The molecule has 2 nitrogen and oxygen atoms in total. The summed E-state index contributed by atoms with van der Waals surface area (Å²) in [5, 5.41) is 7.88. The molecule has 4 aromatic carbocycles. The van der Waals surface area contributed by atoms with Crippen molar-refractivity contribution < 1.29 is 0 Å². The fourth-order valence-electron chi connectivity index (χ4n) is 4.31. The Morgan fingerprint density at radius 3 is 0.906 bits per heavy atom. The second-order valence-corrected chi connectivity index (χ2v) is 8.37. The smallest absolute Gasteiger partial charge is 0.0523 e. The molecule has 0 aliphatic heterocycles. The third kappa shape index (κ3) is 5.53. The molecule has 0 unspecified atom stereocenters. The molecule has 2 heteroatoms. The molecule has 32 heavy (non-hydrogen) atoms. The van der Waals surface area contributed by atoms with E-state index in [2.05, 4.69) is 146 Å². The van der Waals surface area contributed by atoms with Gasteiger partial charge in [-0.25, -0.2) is 0 Å². The van der Waals surface area contributed by atoms with Gasteiger partial charge in [0.1, 0.15) is 0 Å². The molecule has 0 amide bonds. The van der Waals surface area contributed by atoms with Crippen LogP contribution in [-0.4, -0.2) is 0 Å². The van der Waals surface area contributed by atoms with E-state index in [4.69, 9.17) is 0 Å². The second kappa shape index (κ2) is 10.9. The standard InChI is InChI=1S/C30H32N2/c1-23(25-15-7-3-8-16-25)31-29(27-19-11-5-12-20-27)30(28-21-13-6-14-22-28)32-24(2)26-17-9-4-10-18-26/h3-24,29-32H,1-2H3/t23-,24-,29-,30+/m1/s1. The average molecular weight is 421 g/mol. The van der Waals surface area contributed by atoms with Gasteiger partial charge >= 0.3 is 0 Å². The van der Waals surface area contributed by atoms with Crippen molar-refractivity contribution >= 4 is 0 Å². The van der Waals surface area contributed by atoms with Gasteiger partial charge in [-0.15, -0.1) is 0 Å². The highest BCUT2D eigenvalue weighted by molar-refractivity contribution is 5.30. The molecule has 4 atom stereocenters. The van der Waals surface area contributed by atoms with Crippen molar-refractivity contribution in [2.75, 3.05) is 0 Å². The molecule has 0 radical (unpaired) electrons. The zero-order valence-corrected chi connectivity index (χ0v) is 18.9. The van der Waals surface area contributed by atoms with Crippen LogP contribution >= 0.6 is 0 Å². The maximum absolute atomic E-state index is 3.94. The molecule has 4 rings (SSSR count). The van der Waals surface area contributed by atoms with Crippen LogP contribution in [0.2, 0.25) is 0 Å². The lowest BCUT2D eigenvalue weighted by molar-refractivity contribution is 0.333. The topological polar surface area (TPSA) is 24.1 Å². The fourth-order valence-corrected chi connectivity index (χ4v) is 4.31. The van der Waals surface area contributed by atoms with Gasteiger partial charge in [-0.2, -0.15) is 0 Å². The van der Waals surface area contributed by atoms with E-state index >= 15 is 0 Å². The van der Waals surface area contributed by atoms with Crippen molar-refractivity contribution in [3.05, 3.63) is 144 Å². The highest BCUT2D eigenvalue weighted by atomic mass is 15.1. The maximum Gasteiger partial charge on any atom is 0.0523 e. The first-order chi connectivity index (χ1) is 15.7. The summed E-state index contributed by atoms with van der Waals surface area (Å²) in [6, 6.07) is 43.5. The Morgan fingerprint density at radius 1 is 0.375 bits per heavy atom. The van der Waals surface area contributed by atoms with Gasteiger partial charge in [-0.1, -0.05) is 121 Å². The minimum Gasteiger partial charge on any atom is -0.302 e. The number of benzene rings is 4. The van der Waals surface area contributed by atoms with Gasteiger partial charge < -0.3 is 10.6 Å². The third-order valence-corrected chi connectivity index (χ3v) is 6.11. The Balaban J connectivity index is 1.70. The minimum atomic E-state index is 0.0972. The van der Waals surface area contributed by atoms with Gasteiger partial charge in [-0.05, 0) is 36.1 Å². The van der Waals surface area contributed by atoms with Crippen LogP contribution in [0.4, 0.5) is 0 Å². The monoisotopic (exact) mass is 420 g/mol. The zero-order chi connectivity index (χ0) is 22.2. The van der Waals surface area contributed by atoms with E-state index in [1.54, 1.807) is 0 Å². The molecule has 0 aliphatic carbocycles. The first kappa shape index (κ1) is 22.0. The first-order valence-electron chi connectivity index (χ1n) is 11.4. The van der Waals surface area contributed by atoms with Gasteiger partial charge in [0.25, 0.3) is 0 Å². The number of hydrogen-bond donors (Lipinski definition) is 2. The predicted molar refractivity (Wildman–Crippen MR) is 134 cm³/mol. The minimum absolute atomic E-state index is 0.0972. The molecule has 162 valence electrons. The first-order valence-corrected chi connectivity index (χ1v) is 11.4. The maximum atomic E-state index is 3.94. The molecule has 2 N–H and O–H groups in total. The Labute approximate surface area is 192 Å². The molecule has 0 saturated carbocycles. The van der Waals surface area contributed by atoms with E-state index < -0.39 is 0 Å². The van der Waals surface area contributed by atoms with E-state index in [-0.39, 0.29) is 24.2 Å². The fraction of sp³-hybridized carbons (Fsp3) is 0.200. The molecule has 0 aromatic heterocycles. The Morgan fingerprint density at radius 2 is 0.625 bits per heavy atom. The highest BCUT2D eigenvalue weighted by Gasteiger charge is 2.28. The molecule has 0 spiro atoms. The van der Waals surface area contributed by atoms with E-state index in [9.17, 15) is 0 Å². The van der Waals surface area contributed by atoms with Crippen LogP contribution in [0.5, 0.6) is 0 Å². The van der Waals surface area contributed by atoms with Crippen LogP contribution in [0.3, 0.4) is 0 Å². The lowest BCUT2D eigenvalue weighted by Gasteiger charge is -2.34. The summed E-state index contributed by atoms with van der Waals surface area (Å²) in [5.41, 5.74) is 5.13. The summed E-state index contributed by atoms with van der Waals surface area (Å²) < 4.78 is 0. The average Bonchev–Trinajstić information content (AvgIpc) is 2.88. The van der Waals surface area contributed by atoms with Crippen molar-refractivity contribution in [1.82, 2.24) is 10.6 Å². The van der Waals surface area contributed by atoms with Gasteiger partial charge in [0.2, 0.25) is 0 Å². The number of rotatable bonds is 9. The van der Waals surface area contributed by atoms with Crippen molar-refractivity contribution in [3.8, 4) is 0 Å². The van der Waals surface area contributed by atoms with Gasteiger partial charge in [0.05, 0.1) is 12.1 Å². The van der Waals surface area contributed by atoms with E-state index in [1.807, 2.05) is 0 Å². The molecular weight excluding hydrogens is 388 g/mol. The van der Waals surface area contributed by atoms with Crippen LogP contribution < -0.4 is 10.6 Å². The van der Waals surface area contributed by atoms with Crippen molar-refractivity contribution in [3.63, 3.8) is 0 Å². The van der Waals surface area contributed by atoms with Crippen molar-refractivity contribution in [1.29, 1.82) is 0 Å². The van der Waals surface area contributed by atoms with E-state index in [0.717, 1.165) is 0 Å². The summed E-state index contributed by atoms with van der Waals surface area (Å²) in [6.07, 6.45) is 0. The zero-order valence-electron chi connectivity index (χ0n) is 18.9. The van der Waals surface area contributed by atoms with Crippen molar-refractivity contribution in [2.45, 2.75) is 38.0 Å². The molecule has 0 saturated heterocycles. The Kier molecular flexibility index (Phi) is 7.50. The van der Waals surface area contributed by atoms with E-state index in [0.29, 0.717) is 0 Å². The molecule has 0 fully saturated rings. The van der Waals surface area contributed by atoms with Crippen LogP contribution in [0.1, 0.15) is 60.3 Å². The van der Waals surface area contributed by atoms with Crippen LogP contribution in [0.15, 0.2) is 121 Å². The van der Waals surface area contributed by atoms with Crippen LogP contribution in [0.25, 0.3) is 0 Å². The van der Waals surface area contributed by atoms with Crippen LogP contribution in [0, 0.1) is 0 Å². The molecule has 0 aliphatic rings. The summed E-state index contributed by atoms with van der Waals surface area (Å²) in [6.45, 7) is 4.49. The van der Waals surface area contributed by atoms with Crippen molar-refractivity contribution in [2.24, 2.45) is 0 Å². The normalized spacial score (nSPS) is 14.9. The lowest BCUT2D eigenvalue weighted by Crippen LogP contribution is -2.37. The summed E-state index contributed by atoms with van der Waals surface area (Å²) >= 11 is 0. The molecular formula is C30H32N2. The van der Waals surface area contributed by atoms with Gasteiger partial charge in [0.15, 0.2) is 0 Å². The molecule has 0 heterocycles. The lowest BCUT2D eigenvalue weighted by atomic mass is 9.90. The quantitative estimate of drug-likeness (QED) is 0.300. The second-order valence-electron chi connectivity index (χ2n) is 8.37. The molecule has 4 aromatic rings. The van der Waals surface area contributed by atoms with Gasteiger partial charge in [0, 0.05) is 12.1 Å². The third-order valence-electron chi connectivity index (χ3n) is 6.11. The Bertz CT molecular complexity index is 960. The molecule has 0 bridgehead atoms. The van der Waals surface area contributed by atoms with E-state index in [1.165, 1.54) is 22.3 Å². The van der Waals surface area contributed by atoms with Crippen LogP contribution in [-0.2, 0) is 0 Å². The summed E-state index contributed by atoms with van der Waals surface area (Å²) in [7, 11) is 0. The largest absolute Gasteiger partial charge is 0.302 e. The predicted octanol–water partition coefficient (Wildman–Crippen LogP) is 7.17. The number of nitrogens with one attached hydrogen (secondary N) is 2. The SMILES string of the molecule is C[C@@H](N[C@H](c1ccccc1)[C@@H](N[C@H](C)c1ccccc1)c1ccccc1)c1ccccc1. The number of hydrogen-bond acceptors (Lipinski definition) is 2. The Hall–Kier alpha value is -3.20. The highest BCUT2D eigenvalue weighted by Crippen LogP contribution is 2.33.